The van der Waals surface area contributed by atoms with Crippen LogP contribution in [-0.2, 0) is 0 Å². The monoisotopic (exact) mass is 667 g/mol. The maximum atomic E-state index is 6.91. The molecule has 0 aliphatic carbocycles. The summed E-state index contributed by atoms with van der Waals surface area (Å²) in [5.41, 5.74) is 12.4. The van der Waals surface area contributed by atoms with Crippen LogP contribution in [0.25, 0.3) is 103 Å². The van der Waals surface area contributed by atoms with Gasteiger partial charge in [0.15, 0.2) is 5.58 Å². The largest absolute Gasteiger partial charge is 0.454 e. The van der Waals surface area contributed by atoms with Crippen LogP contribution in [-0.4, -0.2) is 4.57 Å². The van der Waals surface area contributed by atoms with Gasteiger partial charge in [-0.05, 0) is 70.3 Å². The van der Waals surface area contributed by atoms with Gasteiger partial charge >= 0.3 is 0 Å². The van der Waals surface area contributed by atoms with Gasteiger partial charge in [-0.2, -0.15) is 0 Å². The molecule has 0 aliphatic rings. The number of furan rings is 1. The summed E-state index contributed by atoms with van der Waals surface area (Å²) < 4.78 is 11.9. The second kappa shape index (κ2) is 11.0. The predicted molar refractivity (Wildman–Crippen MR) is 217 cm³/mol. The first kappa shape index (κ1) is 28.4. The van der Waals surface area contributed by atoms with Gasteiger partial charge in [-0.1, -0.05) is 133 Å². The van der Waals surface area contributed by atoms with E-state index in [2.05, 4.69) is 180 Å². The van der Waals surface area contributed by atoms with E-state index in [-0.39, 0.29) is 0 Å². The quantitative estimate of drug-likeness (QED) is 0.183. The highest BCUT2D eigenvalue weighted by atomic mass is 32.1. The van der Waals surface area contributed by atoms with E-state index >= 15 is 0 Å². The zero-order valence-corrected chi connectivity index (χ0v) is 28.3. The van der Waals surface area contributed by atoms with Gasteiger partial charge < -0.3 is 8.98 Å². The molecule has 0 fully saturated rings. The molecule has 11 rings (SSSR count). The Hall–Kier alpha value is -6.42. The SMILES string of the molecule is c1ccc(-c2ccc3c(c2)c2cc(-c4ccccc4)ccc2n3-c2cccc3c2oc2cccc(-c4cccc5c4sc4ccccc45)c23)cc1. The van der Waals surface area contributed by atoms with Crippen molar-refractivity contribution in [3.8, 4) is 39.1 Å². The molecule has 0 aliphatic heterocycles. The van der Waals surface area contributed by atoms with Gasteiger partial charge in [-0.3, -0.25) is 0 Å². The molecular weight excluding hydrogens is 639 g/mol. The van der Waals surface area contributed by atoms with Gasteiger partial charge in [0.25, 0.3) is 0 Å². The molecule has 0 bridgehead atoms. The summed E-state index contributed by atoms with van der Waals surface area (Å²) in [5.74, 6) is 0. The number of hydrogen-bond acceptors (Lipinski definition) is 2. The van der Waals surface area contributed by atoms with Crippen molar-refractivity contribution in [1.82, 2.24) is 4.57 Å². The zero-order chi connectivity index (χ0) is 33.5. The summed E-state index contributed by atoms with van der Waals surface area (Å²) in [5, 5.41) is 7.31. The van der Waals surface area contributed by atoms with Crippen LogP contribution in [0.15, 0.2) is 180 Å². The maximum absolute atomic E-state index is 6.91. The third-order valence-corrected chi connectivity index (χ3v) is 11.6. The Bertz CT molecular complexity index is 3030. The summed E-state index contributed by atoms with van der Waals surface area (Å²) in [6, 6.07) is 63.5. The molecule has 3 heteroatoms. The van der Waals surface area contributed by atoms with Crippen molar-refractivity contribution in [2.45, 2.75) is 0 Å². The Balaban J connectivity index is 1.18. The van der Waals surface area contributed by atoms with Crippen LogP contribution in [0.1, 0.15) is 0 Å². The number of nitrogens with zero attached hydrogens (tertiary/aromatic N) is 1. The van der Waals surface area contributed by atoms with Crippen molar-refractivity contribution in [3.05, 3.63) is 176 Å². The van der Waals surface area contributed by atoms with E-state index in [4.69, 9.17) is 4.42 Å². The van der Waals surface area contributed by atoms with Crippen molar-refractivity contribution >= 4 is 75.3 Å². The Morgan fingerprint density at radius 2 is 1.00 bits per heavy atom. The summed E-state index contributed by atoms with van der Waals surface area (Å²) >= 11 is 1.87. The number of rotatable bonds is 4. The van der Waals surface area contributed by atoms with Gasteiger partial charge in [0, 0.05) is 47.3 Å². The number of fused-ring (bicyclic) bond motifs is 9. The molecule has 0 amide bonds. The molecule has 0 atom stereocenters. The highest BCUT2D eigenvalue weighted by molar-refractivity contribution is 7.26. The summed E-state index contributed by atoms with van der Waals surface area (Å²) in [6.07, 6.45) is 0. The van der Waals surface area contributed by atoms with Crippen LogP contribution in [0.3, 0.4) is 0 Å². The summed E-state index contributed by atoms with van der Waals surface area (Å²) in [6.45, 7) is 0. The van der Waals surface area contributed by atoms with E-state index < -0.39 is 0 Å². The van der Waals surface area contributed by atoms with Crippen LogP contribution in [0.5, 0.6) is 0 Å². The minimum atomic E-state index is 0.890. The van der Waals surface area contributed by atoms with Crippen molar-refractivity contribution in [2.75, 3.05) is 0 Å². The smallest absolute Gasteiger partial charge is 0.159 e. The molecule has 238 valence electrons. The fourth-order valence-electron chi connectivity index (χ4n) is 8.10. The second-order valence-corrected chi connectivity index (χ2v) is 14.3. The van der Waals surface area contributed by atoms with Gasteiger partial charge in [-0.15, -0.1) is 11.3 Å². The Morgan fingerprint density at radius 3 is 1.73 bits per heavy atom. The van der Waals surface area contributed by atoms with Crippen LogP contribution in [0.2, 0.25) is 0 Å². The normalized spacial score (nSPS) is 11.9. The average molecular weight is 668 g/mol. The van der Waals surface area contributed by atoms with Gasteiger partial charge in [0.2, 0.25) is 0 Å². The van der Waals surface area contributed by atoms with Crippen molar-refractivity contribution in [2.24, 2.45) is 0 Å². The lowest BCUT2D eigenvalue weighted by atomic mass is 9.97. The van der Waals surface area contributed by atoms with E-state index in [9.17, 15) is 0 Å². The second-order valence-electron chi connectivity index (χ2n) is 13.2. The molecule has 3 aromatic heterocycles. The highest BCUT2D eigenvalue weighted by Crippen LogP contribution is 2.46. The van der Waals surface area contributed by atoms with Crippen LogP contribution in [0, 0.1) is 0 Å². The summed E-state index contributed by atoms with van der Waals surface area (Å²) in [4.78, 5) is 0. The van der Waals surface area contributed by atoms with E-state index in [1.165, 1.54) is 64.3 Å². The van der Waals surface area contributed by atoms with Crippen molar-refractivity contribution in [3.63, 3.8) is 0 Å². The molecule has 3 heterocycles. The first-order valence-electron chi connectivity index (χ1n) is 17.3. The Kier molecular flexibility index (Phi) is 6.16. The number of thiophene rings is 1. The lowest BCUT2D eigenvalue weighted by Crippen LogP contribution is -1.94. The Labute approximate surface area is 298 Å². The van der Waals surface area contributed by atoms with Gasteiger partial charge in [-0.25, -0.2) is 0 Å². The van der Waals surface area contributed by atoms with E-state index in [1.807, 2.05) is 11.3 Å². The van der Waals surface area contributed by atoms with E-state index in [0.717, 1.165) is 38.7 Å². The maximum Gasteiger partial charge on any atom is 0.159 e. The minimum Gasteiger partial charge on any atom is -0.454 e. The lowest BCUT2D eigenvalue weighted by molar-refractivity contribution is 0.666. The Morgan fingerprint density at radius 1 is 0.412 bits per heavy atom. The molecule has 0 N–H and O–H groups in total. The third-order valence-electron chi connectivity index (χ3n) is 10.4. The zero-order valence-electron chi connectivity index (χ0n) is 27.5. The van der Waals surface area contributed by atoms with Crippen LogP contribution in [0.4, 0.5) is 0 Å². The number of aromatic nitrogens is 1. The summed E-state index contributed by atoms with van der Waals surface area (Å²) in [7, 11) is 0. The lowest BCUT2D eigenvalue weighted by Gasteiger charge is -2.10. The molecule has 0 saturated heterocycles. The van der Waals surface area contributed by atoms with Crippen LogP contribution >= 0.6 is 11.3 Å². The number of para-hydroxylation sites is 1. The predicted octanol–water partition coefficient (Wildman–Crippen LogP) is 14.1. The molecular formula is C48H29NOS. The standard InChI is InChI=1S/C48H29NOS/c1-3-12-30(13-4-1)32-24-26-41-39(28-32)40-29-33(31-14-5-2-6-15-31)25-27-42(40)49(41)43-21-10-20-38-46-35(17-11-22-44(46)50-47(38)43)37-19-9-18-36-34-16-7-8-23-45(34)51-48(36)37/h1-29H. The molecule has 0 saturated carbocycles. The molecule has 8 aromatic carbocycles. The molecule has 11 aromatic rings. The van der Waals surface area contributed by atoms with E-state index in [0.29, 0.717) is 0 Å². The van der Waals surface area contributed by atoms with E-state index in [1.54, 1.807) is 0 Å². The fourth-order valence-corrected chi connectivity index (χ4v) is 9.33. The topological polar surface area (TPSA) is 18.1 Å². The molecule has 0 radical (unpaired) electrons. The minimum absolute atomic E-state index is 0.890. The molecule has 0 spiro atoms. The first-order chi connectivity index (χ1) is 25.3. The molecule has 0 unspecified atom stereocenters. The average Bonchev–Trinajstić information content (AvgIpc) is 3.88. The van der Waals surface area contributed by atoms with Crippen LogP contribution < -0.4 is 0 Å². The number of hydrogen-bond donors (Lipinski definition) is 0. The van der Waals surface area contributed by atoms with Gasteiger partial charge in [0.1, 0.15) is 5.58 Å². The van der Waals surface area contributed by atoms with Crippen molar-refractivity contribution < 1.29 is 4.42 Å². The third kappa shape index (κ3) is 4.29. The molecule has 2 nitrogen and oxygen atoms in total. The van der Waals surface area contributed by atoms with Gasteiger partial charge in [0.05, 0.1) is 16.7 Å². The molecule has 51 heavy (non-hydrogen) atoms. The number of benzene rings is 8. The first-order valence-corrected chi connectivity index (χ1v) is 18.2. The highest BCUT2D eigenvalue weighted by Gasteiger charge is 2.21. The fraction of sp³-hybridized carbons (Fsp3) is 0. The van der Waals surface area contributed by atoms with Crippen molar-refractivity contribution in [1.29, 1.82) is 0 Å².